The molecule has 134 valence electrons. The van der Waals surface area contributed by atoms with Crippen LogP contribution in [-0.4, -0.2) is 32.4 Å². The number of benzene rings is 2. The average molecular weight is 359 g/mol. The molecule has 2 aromatic carbocycles. The molecule has 0 bridgehead atoms. The van der Waals surface area contributed by atoms with E-state index >= 15 is 0 Å². The van der Waals surface area contributed by atoms with Gasteiger partial charge in [-0.25, -0.2) is 13.1 Å². The summed E-state index contributed by atoms with van der Waals surface area (Å²) in [5.41, 5.74) is 4.84. The Bertz CT molecular complexity index is 862. The summed E-state index contributed by atoms with van der Waals surface area (Å²) in [6.07, 6.45) is 1.02. The van der Waals surface area contributed by atoms with Crippen LogP contribution in [0.1, 0.15) is 29.2 Å². The molecular weight excluding hydrogens is 332 g/mol. The highest BCUT2D eigenvalue weighted by Gasteiger charge is 2.22. The van der Waals surface area contributed by atoms with E-state index in [1.807, 2.05) is 19.9 Å². The summed E-state index contributed by atoms with van der Waals surface area (Å²) in [5, 5.41) is 0. The standard InChI is InChI=1S/C20H26N2O2S/c1-15-8-9-20(12-16(15)2)25(23,24)21-13-17(3)22-11-10-18-6-4-5-7-19(18)14-22/h4-9,12,17,21H,10-11,13-14H2,1-3H3/t17-/m1/s1. The van der Waals surface area contributed by atoms with Gasteiger partial charge in [0.2, 0.25) is 10.0 Å². The molecule has 0 amide bonds. The third-order valence-electron chi connectivity index (χ3n) is 5.14. The Kier molecular flexibility index (Phi) is 5.27. The summed E-state index contributed by atoms with van der Waals surface area (Å²) in [5.74, 6) is 0. The van der Waals surface area contributed by atoms with Gasteiger partial charge in [0, 0.05) is 25.7 Å². The van der Waals surface area contributed by atoms with E-state index in [0.29, 0.717) is 11.4 Å². The largest absolute Gasteiger partial charge is 0.295 e. The zero-order valence-corrected chi connectivity index (χ0v) is 15.9. The van der Waals surface area contributed by atoms with Crippen molar-refractivity contribution in [2.45, 2.75) is 44.7 Å². The Morgan fingerprint density at radius 3 is 2.52 bits per heavy atom. The molecule has 25 heavy (non-hydrogen) atoms. The number of hydrogen-bond donors (Lipinski definition) is 1. The van der Waals surface area contributed by atoms with Gasteiger partial charge in [-0.3, -0.25) is 4.90 Å². The maximum absolute atomic E-state index is 12.6. The van der Waals surface area contributed by atoms with E-state index in [9.17, 15) is 8.42 Å². The number of rotatable bonds is 5. The number of fused-ring (bicyclic) bond motifs is 1. The molecule has 1 aliphatic rings. The predicted octanol–water partition coefficient (Wildman–Crippen LogP) is 3.03. The van der Waals surface area contributed by atoms with Crippen LogP contribution in [0.4, 0.5) is 0 Å². The van der Waals surface area contributed by atoms with E-state index in [-0.39, 0.29) is 6.04 Å². The average Bonchev–Trinajstić information content (AvgIpc) is 2.61. The Morgan fingerprint density at radius 1 is 1.08 bits per heavy atom. The first-order chi connectivity index (χ1) is 11.9. The minimum Gasteiger partial charge on any atom is -0.295 e. The van der Waals surface area contributed by atoms with E-state index in [0.717, 1.165) is 30.6 Å². The molecule has 0 radical (unpaired) electrons. The molecule has 1 aliphatic heterocycles. The molecule has 1 N–H and O–H groups in total. The molecule has 1 atom stereocenters. The molecule has 0 saturated carbocycles. The zero-order valence-electron chi connectivity index (χ0n) is 15.1. The van der Waals surface area contributed by atoms with E-state index in [1.54, 1.807) is 12.1 Å². The minimum atomic E-state index is -3.47. The lowest BCUT2D eigenvalue weighted by molar-refractivity contribution is 0.192. The van der Waals surface area contributed by atoms with Crippen molar-refractivity contribution in [3.05, 3.63) is 64.7 Å². The van der Waals surface area contributed by atoms with Crippen LogP contribution in [0.25, 0.3) is 0 Å². The first-order valence-electron chi connectivity index (χ1n) is 8.74. The summed E-state index contributed by atoms with van der Waals surface area (Å²) in [6.45, 7) is 8.25. The highest BCUT2D eigenvalue weighted by molar-refractivity contribution is 7.89. The van der Waals surface area contributed by atoms with Gasteiger partial charge in [0.25, 0.3) is 0 Å². The van der Waals surface area contributed by atoms with Crippen molar-refractivity contribution in [2.75, 3.05) is 13.1 Å². The molecule has 0 saturated heterocycles. The highest BCUT2D eigenvalue weighted by Crippen LogP contribution is 2.20. The SMILES string of the molecule is Cc1ccc(S(=O)(=O)NC[C@@H](C)N2CCc3ccccc3C2)cc1C. The highest BCUT2D eigenvalue weighted by atomic mass is 32.2. The number of sulfonamides is 1. The maximum Gasteiger partial charge on any atom is 0.240 e. The van der Waals surface area contributed by atoms with Gasteiger partial charge in [0.15, 0.2) is 0 Å². The van der Waals surface area contributed by atoms with Crippen molar-refractivity contribution < 1.29 is 8.42 Å². The van der Waals surface area contributed by atoms with Crippen LogP contribution >= 0.6 is 0 Å². The van der Waals surface area contributed by atoms with Crippen LogP contribution in [0, 0.1) is 13.8 Å². The van der Waals surface area contributed by atoms with E-state index < -0.39 is 10.0 Å². The molecule has 0 aromatic heterocycles. The van der Waals surface area contributed by atoms with Gasteiger partial charge in [-0.2, -0.15) is 0 Å². The lowest BCUT2D eigenvalue weighted by atomic mass is 9.99. The molecule has 0 unspecified atom stereocenters. The van der Waals surface area contributed by atoms with Crippen LogP contribution in [0.2, 0.25) is 0 Å². The molecule has 0 spiro atoms. The fraction of sp³-hybridized carbons (Fsp3) is 0.400. The molecule has 0 aliphatic carbocycles. The summed E-state index contributed by atoms with van der Waals surface area (Å²) < 4.78 is 27.9. The first kappa shape index (κ1) is 18.1. The molecule has 2 aromatic rings. The molecule has 3 rings (SSSR count). The van der Waals surface area contributed by atoms with Gasteiger partial charge in [0.05, 0.1) is 4.90 Å². The Labute approximate surface area is 150 Å². The quantitative estimate of drug-likeness (QED) is 0.894. The lowest BCUT2D eigenvalue weighted by Crippen LogP contribution is -2.44. The molecular formula is C20H26N2O2S. The van der Waals surface area contributed by atoms with Gasteiger partial charge in [-0.15, -0.1) is 0 Å². The second-order valence-corrected chi connectivity index (χ2v) is 8.70. The summed E-state index contributed by atoms with van der Waals surface area (Å²) in [6, 6.07) is 13.9. The second kappa shape index (κ2) is 7.28. The number of aryl methyl sites for hydroxylation is 2. The Hall–Kier alpha value is -1.69. The Morgan fingerprint density at radius 2 is 1.80 bits per heavy atom. The lowest BCUT2D eigenvalue weighted by Gasteiger charge is -2.33. The van der Waals surface area contributed by atoms with Crippen LogP contribution < -0.4 is 4.72 Å². The summed E-state index contributed by atoms with van der Waals surface area (Å²) in [7, 11) is -3.47. The first-order valence-corrected chi connectivity index (χ1v) is 10.2. The monoisotopic (exact) mass is 358 g/mol. The van der Waals surface area contributed by atoms with E-state index in [2.05, 4.69) is 40.8 Å². The van der Waals surface area contributed by atoms with Crippen molar-refractivity contribution in [2.24, 2.45) is 0 Å². The van der Waals surface area contributed by atoms with Crippen molar-refractivity contribution in [3.63, 3.8) is 0 Å². The van der Waals surface area contributed by atoms with Crippen molar-refractivity contribution in [1.29, 1.82) is 0 Å². The van der Waals surface area contributed by atoms with Crippen LogP contribution in [0.15, 0.2) is 47.4 Å². The second-order valence-electron chi connectivity index (χ2n) is 6.94. The van der Waals surface area contributed by atoms with Gasteiger partial charge < -0.3 is 0 Å². The third-order valence-corrected chi connectivity index (χ3v) is 6.56. The number of nitrogens with one attached hydrogen (secondary N) is 1. The van der Waals surface area contributed by atoms with Crippen LogP contribution in [-0.2, 0) is 23.0 Å². The third kappa shape index (κ3) is 4.11. The van der Waals surface area contributed by atoms with Gasteiger partial charge >= 0.3 is 0 Å². The predicted molar refractivity (Wildman–Crippen MR) is 101 cm³/mol. The van der Waals surface area contributed by atoms with Gasteiger partial charge in [-0.1, -0.05) is 30.3 Å². The van der Waals surface area contributed by atoms with Crippen molar-refractivity contribution in [1.82, 2.24) is 9.62 Å². The maximum atomic E-state index is 12.6. The summed E-state index contributed by atoms with van der Waals surface area (Å²) >= 11 is 0. The van der Waals surface area contributed by atoms with Gasteiger partial charge in [0.1, 0.15) is 0 Å². The number of hydrogen-bond acceptors (Lipinski definition) is 3. The minimum absolute atomic E-state index is 0.148. The zero-order chi connectivity index (χ0) is 18.0. The number of nitrogens with zero attached hydrogens (tertiary/aromatic N) is 1. The van der Waals surface area contributed by atoms with E-state index in [1.165, 1.54) is 11.1 Å². The van der Waals surface area contributed by atoms with E-state index in [4.69, 9.17) is 0 Å². The van der Waals surface area contributed by atoms with Crippen molar-refractivity contribution >= 4 is 10.0 Å². The molecule has 5 heteroatoms. The van der Waals surface area contributed by atoms with Crippen molar-refractivity contribution in [3.8, 4) is 0 Å². The van der Waals surface area contributed by atoms with Gasteiger partial charge in [-0.05, 0) is 61.6 Å². The van der Waals surface area contributed by atoms with Crippen LogP contribution in [0.5, 0.6) is 0 Å². The fourth-order valence-corrected chi connectivity index (χ4v) is 4.42. The molecule has 4 nitrogen and oxygen atoms in total. The smallest absolute Gasteiger partial charge is 0.240 e. The Balaban J connectivity index is 1.64. The topological polar surface area (TPSA) is 49.4 Å². The van der Waals surface area contributed by atoms with Crippen LogP contribution in [0.3, 0.4) is 0 Å². The fourth-order valence-electron chi connectivity index (χ4n) is 3.22. The summed E-state index contributed by atoms with van der Waals surface area (Å²) in [4.78, 5) is 2.68. The molecule has 0 fully saturated rings. The molecule has 1 heterocycles. The normalized spacial score (nSPS) is 16.4.